The van der Waals surface area contributed by atoms with E-state index in [1.807, 2.05) is 62.4 Å². The summed E-state index contributed by atoms with van der Waals surface area (Å²) in [6.45, 7) is 4.02. The van der Waals surface area contributed by atoms with Crippen LogP contribution in [0.25, 0.3) is 0 Å². The molecule has 37 heavy (non-hydrogen) atoms. The predicted molar refractivity (Wildman–Crippen MR) is 146 cm³/mol. The van der Waals surface area contributed by atoms with Crippen LogP contribution in [0.4, 0.5) is 4.39 Å². The largest absolute Gasteiger partial charge is 0.352 e. The molecule has 1 saturated carbocycles. The average molecular weight is 501 g/mol. The third-order valence-electron chi connectivity index (χ3n) is 7.37. The number of carbonyl (C=O) groups is 2. The lowest BCUT2D eigenvalue weighted by Gasteiger charge is -2.33. The van der Waals surface area contributed by atoms with Gasteiger partial charge in [0.15, 0.2) is 0 Å². The Morgan fingerprint density at radius 1 is 0.919 bits per heavy atom. The van der Waals surface area contributed by atoms with Crippen LogP contribution in [0.5, 0.6) is 0 Å². The normalized spacial score (nSPS) is 14.7. The van der Waals surface area contributed by atoms with Crippen molar-refractivity contribution in [1.82, 2.24) is 10.2 Å². The second-order valence-corrected chi connectivity index (χ2v) is 10.3. The van der Waals surface area contributed by atoms with E-state index in [0.717, 1.165) is 47.9 Å². The van der Waals surface area contributed by atoms with Crippen molar-refractivity contribution in [3.05, 3.63) is 106 Å². The number of nitrogens with zero attached hydrogens (tertiary/aromatic N) is 1. The van der Waals surface area contributed by atoms with E-state index in [9.17, 15) is 14.0 Å². The van der Waals surface area contributed by atoms with Crippen molar-refractivity contribution in [2.24, 2.45) is 0 Å². The van der Waals surface area contributed by atoms with Gasteiger partial charge in [0.1, 0.15) is 11.9 Å². The molecule has 5 heteroatoms. The molecule has 0 radical (unpaired) electrons. The maximum absolute atomic E-state index is 14.8. The van der Waals surface area contributed by atoms with E-state index in [1.165, 1.54) is 12.5 Å². The highest BCUT2D eigenvalue weighted by molar-refractivity contribution is 5.89. The number of halogens is 1. The van der Waals surface area contributed by atoms with Crippen LogP contribution < -0.4 is 5.32 Å². The maximum Gasteiger partial charge on any atom is 0.243 e. The van der Waals surface area contributed by atoms with Crippen LogP contribution in [0.1, 0.15) is 59.9 Å². The minimum atomic E-state index is -0.749. The summed E-state index contributed by atoms with van der Waals surface area (Å²) >= 11 is 0. The molecular formula is C32H37FN2O2. The molecule has 4 nitrogen and oxygen atoms in total. The first-order valence-electron chi connectivity index (χ1n) is 13.3. The van der Waals surface area contributed by atoms with Crippen LogP contribution >= 0.6 is 0 Å². The summed E-state index contributed by atoms with van der Waals surface area (Å²) in [4.78, 5) is 29.3. The number of rotatable bonds is 9. The number of benzene rings is 3. The molecule has 0 bridgehead atoms. The molecule has 0 saturated heterocycles. The summed E-state index contributed by atoms with van der Waals surface area (Å²) < 4.78 is 14.8. The smallest absolute Gasteiger partial charge is 0.243 e. The van der Waals surface area contributed by atoms with Gasteiger partial charge >= 0.3 is 0 Å². The Balaban J connectivity index is 1.68. The van der Waals surface area contributed by atoms with E-state index in [4.69, 9.17) is 0 Å². The molecular weight excluding hydrogens is 463 g/mol. The predicted octanol–water partition coefficient (Wildman–Crippen LogP) is 6.07. The Kier molecular flexibility index (Phi) is 9.10. The van der Waals surface area contributed by atoms with E-state index < -0.39 is 6.04 Å². The van der Waals surface area contributed by atoms with Crippen molar-refractivity contribution < 1.29 is 14.0 Å². The second-order valence-electron chi connectivity index (χ2n) is 10.3. The minimum absolute atomic E-state index is 0.0337. The molecule has 3 aromatic rings. The van der Waals surface area contributed by atoms with Gasteiger partial charge in [0, 0.05) is 24.6 Å². The number of hydrogen-bond acceptors (Lipinski definition) is 2. The van der Waals surface area contributed by atoms with E-state index in [1.54, 1.807) is 23.1 Å². The Labute approximate surface area is 219 Å². The number of aryl methyl sites for hydroxylation is 2. The van der Waals surface area contributed by atoms with Crippen LogP contribution in [-0.2, 0) is 29.0 Å². The lowest BCUT2D eigenvalue weighted by molar-refractivity contribution is -0.141. The molecule has 1 fully saturated rings. The SMILES string of the molecule is Cc1ccc(C)c(CC(=O)N(Cc2ccccc2F)[C@@H](Cc2ccccc2)C(=O)NC2CCCCC2)c1. The van der Waals surface area contributed by atoms with E-state index >= 15 is 0 Å². The zero-order valence-electron chi connectivity index (χ0n) is 21.9. The molecule has 2 amide bonds. The van der Waals surface area contributed by atoms with E-state index in [0.29, 0.717) is 12.0 Å². The van der Waals surface area contributed by atoms with Crippen LogP contribution in [0.15, 0.2) is 72.8 Å². The fraction of sp³-hybridized carbons (Fsp3) is 0.375. The van der Waals surface area contributed by atoms with Gasteiger partial charge in [-0.1, -0.05) is 91.6 Å². The van der Waals surface area contributed by atoms with Gasteiger partial charge in [0.05, 0.1) is 6.42 Å². The molecule has 0 aliphatic heterocycles. The van der Waals surface area contributed by atoms with Crippen LogP contribution in [0.2, 0.25) is 0 Å². The minimum Gasteiger partial charge on any atom is -0.352 e. The summed E-state index contributed by atoms with van der Waals surface area (Å²) in [6.07, 6.45) is 5.81. The highest BCUT2D eigenvalue weighted by Crippen LogP contribution is 2.22. The molecule has 1 aliphatic carbocycles. The Morgan fingerprint density at radius 3 is 2.35 bits per heavy atom. The highest BCUT2D eigenvalue weighted by atomic mass is 19.1. The zero-order valence-corrected chi connectivity index (χ0v) is 21.9. The standard InChI is InChI=1S/C32H37FN2O2/c1-23-17-18-24(2)27(19-23)21-31(36)35(22-26-13-9-10-16-29(26)33)30(20-25-11-5-3-6-12-25)32(37)34-28-14-7-4-8-15-28/h3,5-6,9-13,16-19,28,30H,4,7-8,14-15,20-22H2,1-2H3,(H,34,37)/t30-/m0/s1. The van der Waals surface area contributed by atoms with Crippen molar-refractivity contribution in [2.45, 2.75) is 77.4 Å². The molecule has 0 heterocycles. The summed E-state index contributed by atoms with van der Waals surface area (Å²) in [5.41, 5.74) is 4.39. The number of carbonyl (C=O) groups excluding carboxylic acids is 2. The number of nitrogens with one attached hydrogen (secondary N) is 1. The molecule has 0 unspecified atom stereocenters. The molecule has 1 atom stereocenters. The van der Waals surface area contributed by atoms with E-state index in [2.05, 4.69) is 5.32 Å². The molecule has 194 valence electrons. The highest BCUT2D eigenvalue weighted by Gasteiger charge is 2.32. The fourth-order valence-corrected chi connectivity index (χ4v) is 5.16. The van der Waals surface area contributed by atoms with Gasteiger partial charge in [-0.25, -0.2) is 4.39 Å². The lowest BCUT2D eigenvalue weighted by Crippen LogP contribution is -2.53. The van der Waals surface area contributed by atoms with Gasteiger partial charge in [-0.2, -0.15) is 0 Å². The summed E-state index contributed by atoms with van der Waals surface area (Å²) in [7, 11) is 0. The van der Waals surface area contributed by atoms with Crippen LogP contribution in [0, 0.1) is 19.7 Å². The molecule has 1 aliphatic rings. The third kappa shape index (κ3) is 7.28. The molecule has 0 spiro atoms. The summed E-state index contributed by atoms with van der Waals surface area (Å²) in [5.74, 6) is -0.726. The number of amides is 2. The van der Waals surface area contributed by atoms with Gasteiger partial charge in [-0.05, 0) is 49.4 Å². The van der Waals surface area contributed by atoms with Gasteiger partial charge in [-0.15, -0.1) is 0 Å². The Hall–Kier alpha value is -3.47. The van der Waals surface area contributed by atoms with Gasteiger partial charge in [0.2, 0.25) is 11.8 Å². The molecule has 1 N–H and O–H groups in total. The first kappa shape index (κ1) is 26.6. The topological polar surface area (TPSA) is 49.4 Å². The fourth-order valence-electron chi connectivity index (χ4n) is 5.16. The van der Waals surface area contributed by atoms with Crippen molar-refractivity contribution in [3.63, 3.8) is 0 Å². The first-order chi connectivity index (χ1) is 17.9. The van der Waals surface area contributed by atoms with Crippen LogP contribution in [-0.4, -0.2) is 28.8 Å². The monoisotopic (exact) mass is 500 g/mol. The van der Waals surface area contributed by atoms with Crippen molar-refractivity contribution in [1.29, 1.82) is 0 Å². The first-order valence-corrected chi connectivity index (χ1v) is 13.3. The molecule has 4 rings (SSSR count). The van der Waals surface area contributed by atoms with E-state index in [-0.39, 0.29) is 36.6 Å². The van der Waals surface area contributed by atoms with Crippen molar-refractivity contribution in [2.75, 3.05) is 0 Å². The lowest BCUT2D eigenvalue weighted by atomic mass is 9.94. The quantitative estimate of drug-likeness (QED) is 0.387. The average Bonchev–Trinajstić information content (AvgIpc) is 2.90. The van der Waals surface area contributed by atoms with Gasteiger partial charge in [0.25, 0.3) is 0 Å². The van der Waals surface area contributed by atoms with Crippen molar-refractivity contribution >= 4 is 11.8 Å². The molecule has 0 aromatic heterocycles. The Bertz CT molecular complexity index is 1200. The third-order valence-corrected chi connectivity index (χ3v) is 7.37. The Morgan fingerprint density at radius 2 is 1.62 bits per heavy atom. The maximum atomic E-state index is 14.8. The van der Waals surface area contributed by atoms with Crippen LogP contribution in [0.3, 0.4) is 0 Å². The van der Waals surface area contributed by atoms with Gasteiger partial charge in [-0.3, -0.25) is 9.59 Å². The zero-order chi connectivity index (χ0) is 26.2. The second kappa shape index (κ2) is 12.7. The van der Waals surface area contributed by atoms with Crippen molar-refractivity contribution in [3.8, 4) is 0 Å². The summed E-state index contributed by atoms with van der Waals surface area (Å²) in [6, 6.07) is 21.6. The summed E-state index contributed by atoms with van der Waals surface area (Å²) in [5, 5.41) is 3.23. The molecule has 3 aromatic carbocycles. The van der Waals surface area contributed by atoms with Gasteiger partial charge < -0.3 is 10.2 Å². The number of hydrogen-bond donors (Lipinski definition) is 1.